The van der Waals surface area contributed by atoms with E-state index < -0.39 is 97.5 Å². The highest BCUT2D eigenvalue weighted by molar-refractivity contribution is 7.47. The van der Waals surface area contributed by atoms with Gasteiger partial charge < -0.3 is 33.8 Å². The Morgan fingerprint density at radius 3 is 0.723 bits per heavy atom. The number of hydrogen-bond donors (Lipinski definition) is 3. The Kier molecular flexibility index (Phi) is 66.8. The molecular formula is C75H146O17P2. The van der Waals surface area contributed by atoms with Crippen LogP contribution < -0.4 is 0 Å². The van der Waals surface area contributed by atoms with Crippen LogP contribution in [-0.4, -0.2) is 96.7 Å². The first-order chi connectivity index (χ1) is 45.5. The second kappa shape index (κ2) is 68.2. The highest BCUT2D eigenvalue weighted by Gasteiger charge is 2.30. The number of aliphatic hydroxyl groups excluding tert-OH is 1. The van der Waals surface area contributed by atoms with Gasteiger partial charge in [-0.3, -0.25) is 37.3 Å². The van der Waals surface area contributed by atoms with Crippen LogP contribution in [0.1, 0.15) is 394 Å². The van der Waals surface area contributed by atoms with Gasteiger partial charge >= 0.3 is 39.5 Å². The van der Waals surface area contributed by atoms with Gasteiger partial charge in [-0.05, 0) is 31.6 Å². The molecule has 0 saturated carbocycles. The van der Waals surface area contributed by atoms with Gasteiger partial charge in [-0.25, -0.2) is 9.13 Å². The van der Waals surface area contributed by atoms with Gasteiger partial charge in [0.15, 0.2) is 12.2 Å². The van der Waals surface area contributed by atoms with Crippen molar-refractivity contribution in [1.82, 2.24) is 0 Å². The van der Waals surface area contributed by atoms with Crippen molar-refractivity contribution in [1.29, 1.82) is 0 Å². The lowest BCUT2D eigenvalue weighted by Crippen LogP contribution is -2.30. The number of unbranched alkanes of at least 4 members (excludes halogenated alkanes) is 47. The fourth-order valence-electron chi connectivity index (χ4n) is 11.5. The Morgan fingerprint density at radius 1 is 0.287 bits per heavy atom. The van der Waals surface area contributed by atoms with E-state index in [1.807, 2.05) is 0 Å². The minimum Gasteiger partial charge on any atom is -0.462 e. The Bertz CT molecular complexity index is 1810. The summed E-state index contributed by atoms with van der Waals surface area (Å²) >= 11 is 0. The zero-order valence-corrected chi connectivity index (χ0v) is 62.9. The molecule has 0 amide bonds. The summed E-state index contributed by atoms with van der Waals surface area (Å²) in [6.45, 7) is 7.23. The second-order valence-corrected chi connectivity index (χ2v) is 30.4. The fourth-order valence-corrected chi connectivity index (χ4v) is 13.1. The van der Waals surface area contributed by atoms with E-state index in [9.17, 15) is 43.2 Å². The van der Waals surface area contributed by atoms with Crippen LogP contribution >= 0.6 is 15.6 Å². The van der Waals surface area contributed by atoms with Crippen LogP contribution in [-0.2, 0) is 65.4 Å². The lowest BCUT2D eigenvalue weighted by Gasteiger charge is -2.21. The quantitative estimate of drug-likeness (QED) is 0.0222. The molecule has 5 atom stereocenters. The first-order valence-electron chi connectivity index (χ1n) is 39.1. The molecule has 0 saturated heterocycles. The molecule has 3 N–H and O–H groups in total. The number of rotatable bonds is 75. The Labute approximate surface area is 575 Å². The third kappa shape index (κ3) is 68.6. The summed E-state index contributed by atoms with van der Waals surface area (Å²) in [6, 6.07) is 0. The van der Waals surface area contributed by atoms with Gasteiger partial charge in [0, 0.05) is 25.7 Å². The monoisotopic (exact) mass is 1380 g/mol. The van der Waals surface area contributed by atoms with E-state index in [4.69, 9.17) is 37.0 Å². The van der Waals surface area contributed by atoms with Crippen LogP contribution in [0.15, 0.2) is 0 Å². The maximum Gasteiger partial charge on any atom is 0.472 e. The third-order valence-electron chi connectivity index (χ3n) is 17.5. The van der Waals surface area contributed by atoms with Crippen molar-refractivity contribution in [2.45, 2.75) is 412 Å². The van der Waals surface area contributed by atoms with Crippen molar-refractivity contribution in [3.63, 3.8) is 0 Å². The molecule has 0 aliphatic carbocycles. The molecule has 0 aromatic carbocycles. The highest BCUT2D eigenvalue weighted by Crippen LogP contribution is 2.45. The van der Waals surface area contributed by atoms with Crippen molar-refractivity contribution in [2.24, 2.45) is 5.92 Å². The van der Waals surface area contributed by atoms with Crippen molar-refractivity contribution < 1.29 is 80.2 Å². The first kappa shape index (κ1) is 92.1. The van der Waals surface area contributed by atoms with Crippen molar-refractivity contribution >= 4 is 39.5 Å². The summed E-state index contributed by atoms with van der Waals surface area (Å²) in [5, 5.41) is 10.6. The summed E-state index contributed by atoms with van der Waals surface area (Å²) < 4.78 is 68.4. The molecule has 94 heavy (non-hydrogen) atoms. The third-order valence-corrected chi connectivity index (χ3v) is 19.4. The van der Waals surface area contributed by atoms with Gasteiger partial charge in [-0.15, -0.1) is 0 Å². The van der Waals surface area contributed by atoms with E-state index in [2.05, 4.69) is 34.6 Å². The van der Waals surface area contributed by atoms with Gasteiger partial charge in [-0.2, -0.15) is 0 Å². The molecular weight excluding hydrogens is 1230 g/mol. The van der Waals surface area contributed by atoms with E-state index in [1.54, 1.807) is 0 Å². The maximum absolute atomic E-state index is 13.1. The van der Waals surface area contributed by atoms with E-state index in [-0.39, 0.29) is 25.7 Å². The van der Waals surface area contributed by atoms with Crippen LogP contribution in [0.5, 0.6) is 0 Å². The summed E-state index contributed by atoms with van der Waals surface area (Å²) in [5.74, 6) is -1.39. The van der Waals surface area contributed by atoms with Crippen molar-refractivity contribution in [3.8, 4) is 0 Å². The molecule has 2 unspecified atom stereocenters. The summed E-state index contributed by atoms with van der Waals surface area (Å²) in [4.78, 5) is 72.6. The number of carbonyl (C=O) groups excluding carboxylic acids is 4. The van der Waals surface area contributed by atoms with E-state index in [0.717, 1.165) is 95.8 Å². The van der Waals surface area contributed by atoms with Gasteiger partial charge in [0.25, 0.3) is 0 Å². The lowest BCUT2D eigenvalue weighted by atomic mass is 10.0. The van der Waals surface area contributed by atoms with Crippen molar-refractivity contribution in [2.75, 3.05) is 39.6 Å². The number of phosphoric ester groups is 2. The van der Waals surface area contributed by atoms with Gasteiger partial charge in [0.2, 0.25) is 0 Å². The summed E-state index contributed by atoms with van der Waals surface area (Å²) in [5.41, 5.74) is 0. The van der Waals surface area contributed by atoms with E-state index in [0.29, 0.717) is 25.7 Å². The van der Waals surface area contributed by atoms with E-state index in [1.165, 1.54) is 218 Å². The fraction of sp³-hybridized carbons (Fsp3) is 0.947. The topological polar surface area (TPSA) is 237 Å². The molecule has 0 aromatic rings. The first-order valence-corrected chi connectivity index (χ1v) is 42.1. The van der Waals surface area contributed by atoms with Gasteiger partial charge in [0.05, 0.1) is 26.4 Å². The van der Waals surface area contributed by atoms with Gasteiger partial charge in [-0.1, -0.05) is 343 Å². The Hall–Kier alpha value is -1.94. The molecule has 0 aromatic heterocycles. The molecule has 0 bridgehead atoms. The summed E-state index contributed by atoms with van der Waals surface area (Å²) in [6.07, 6.45) is 57.0. The highest BCUT2D eigenvalue weighted by atomic mass is 31.2. The van der Waals surface area contributed by atoms with Crippen LogP contribution in [0.25, 0.3) is 0 Å². The van der Waals surface area contributed by atoms with Crippen LogP contribution in [0.2, 0.25) is 0 Å². The molecule has 0 aliphatic heterocycles. The minimum absolute atomic E-state index is 0.107. The number of esters is 4. The average molecular weight is 1380 g/mol. The molecule has 0 spiro atoms. The van der Waals surface area contributed by atoms with Crippen molar-refractivity contribution in [3.05, 3.63) is 0 Å². The number of carbonyl (C=O) groups is 4. The van der Waals surface area contributed by atoms with Crippen LogP contribution in [0.4, 0.5) is 0 Å². The molecule has 0 heterocycles. The Morgan fingerprint density at radius 2 is 0.489 bits per heavy atom. The number of aliphatic hydroxyl groups is 1. The lowest BCUT2D eigenvalue weighted by molar-refractivity contribution is -0.161. The minimum atomic E-state index is -4.95. The number of phosphoric acid groups is 2. The zero-order chi connectivity index (χ0) is 69.1. The smallest absolute Gasteiger partial charge is 0.462 e. The molecule has 0 radical (unpaired) electrons. The zero-order valence-electron chi connectivity index (χ0n) is 61.1. The number of ether oxygens (including phenoxy) is 4. The molecule has 19 heteroatoms. The standard InChI is InChI=1S/C75H146O17P2/c1-6-9-12-15-18-21-24-25-26-27-28-29-30-31-32-33-34-36-39-46-51-56-61-75(80)92-71(65-86-73(78)59-54-49-44-41-40-42-47-52-57-68(4)5)67-90-94(83,84)88-63-69(76)62-87-93(81,82)89-66-70(64-85-72(77)58-53-48-43-37-23-20-17-14-11-8-3)91-74(79)60-55-50-45-38-35-22-19-16-13-10-7-2/h68-71,76H,6-67H2,1-5H3,(H,81,82)(H,83,84)/t69-,70+,71+/m0/s1. The maximum atomic E-state index is 13.1. The van der Waals surface area contributed by atoms with E-state index >= 15 is 0 Å². The van der Waals surface area contributed by atoms with Crippen LogP contribution in [0, 0.1) is 5.92 Å². The summed E-state index contributed by atoms with van der Waals surface area (Å²) in [7, 11) is -9.90. The molecule has 0 aliphatic rings. The predicted octanol–water partition coefficient (Wildman–Crippen LogP) is 22.1. The second-order valence-electron chi connectivity index (χ2n) is 27.5. The average Bonchev–Trinajstić information content (AvgIpc) is 1.78. The molecule has 0 fully saturated rings. The predicted molar refractivity (Wildman–Crippen MR) is 382 cm³/mol. The van der Waals surface area contributed by atoms with Crippen LogP contribution in [0.3, 0.4) is 0 Å². The number of hydrogen-bond acceptors (Lipinski definition) is 15. The largest absolute Gasteiger partial charge is 0.472 e. The molecule has 558 valence electrons. The molecule has 0 rings (SSSR count). The molecule has 17 nitrogen and oxygen atoms in total. The Balaban J connectivity index is 5.15. The normalized spacial score (nSPS) is 14.0. The van der Waals surface area contributed by atoms with Gasteiger partial charge in [0.1, 0.15) is 19.3 Å². The SMILES string of the molecule is CCCCCCCCCCCCCCCCCCCCCCCCC(=O)O[C@H](COC(=O)CCCCCCCCCCC(C)C)COP(=O)(O)OC[C@@H](O)COP(=O)(O)OC[C@@H](COC(=O)CCCCCCCCCCCC)OC(=O)CCCCCCCCCCCCC.